The van der Waals surface area contributed by atoms with Crippen LogP contribution in [0.1, 0.15) is 43.2 Å². The molecular formula is C24H24Cl2Hf+2. The van der Waals surface area contributed by atoms with Gasteiger partial charge in [0.1, 0.15) is 0 Å². The molecule has 1 atom stereocenters. The second-order valence-electron chi connectivity index (χ2n) is 7.18. The summed E-state index contributed by atoms with van der Waals surface area (Å²) < 4.78 is 0. The molecule has 0 amide bonds. The van der Waals surface area contributed by atoms with E-state index in [0.29, 0.717) is 5.92 Å². The van der Waals surface area contributed by atoms with Crippen molar-refractivity contribution in [1.29, 1.82) is 0 Å². The van der Waals surface area contributed by atoms with Crippen molar-refractivity contribution in [2.45, 2.75) is 32.1 Å². The summed E-state index contributed by atoms with van der Waals surface area (Å²) >= 11 is 0. The van der Waals surface area contributed by atoms with Crippen molar-refractivity contribution in [2.75, 3.05) is 0 Å². The second-order valence-corrected chi connectivity index (χ2v) is 7.18. The first kappa shape index (κ1) is 24.1. The fourth-order valence-electron chi connectivity index (χ4n) is 4.60. The van der Waals surface area contributed by atoms with Crippen LogP contribution in [0.15, 0.2) is 85.0 Å². The van der Waals surface area contributed by atoms with Gasteiger partial charge in [0.25, 0.3) is 0 Å². The maximum Gasteiger partial charge on any atom is 4.00 e. The molecule has 2 aromatic carbocycles. The van der Waals surface area contributed by atoms with Crippen LogP contribution >= 0.6 is 0 Å². The van der Waals surface area contributed by atoms with Crippen molar-refractivity contribution in [1.82, 2.24) is 0 Å². The summed E-state index contributed by atoms with van der Waals surface area (Å²) in [6.45, 7) is 6.43. The van der Waals surface area contributed by atoms with Gasteiger partial charge in [-0.25, -0.2) is 0 Å². The molecule has 0 aromatic heterocycles. The van der Waals surface area contributed by atoms with Gasteiger partial charge in [-0.15, -0.1) is 6.58 Å². The zero-order chi connectivity index (χ0) is 16.6. The molecule has 0 radical (unpaired) electrons. The van der Waals surface area contributed by atoms with Crippen LogP contribution in [0.2, 0.25) is 0 Å². The molecule has 136 valence electrons. The van der Waals surface area contributed by atoms with E-state index in [4.69, 9.17) is 0 Å². The van der Waals surface area contributed by atoms with Crippen LogP contribution < -0.4 is 24.8 Å². The average Bonchev–Trinajstić information content (AvgIpc) is 3.26. The molecule has 0 bridgehead atoms. The zero-order valence-electron chi connectivity index (χ0n) is 15.6. The third kappa shape index (κ3) is 4.11. The Morgan fingerprint density at radius 3 is 2.04 bits per heavy atom. The smallest absolute Gasteiger partial charge is 1.00 e. The van der Waals surface area contributed by atoms with E-state index >= 15 is 0 Å². The van der Waals surface area contributed by atoms with Gasteiger partial charge in [-0.2, -0.15) is 0 Å². The molecule has 0 saturated carbocycles. The Balaban J connectivity index is 0.00000121. The van der Waals surface area contributed by atoms with E-state index in [0.717, 1.165) is 19.3 Å². The molecule has 1 unspecified atom stereocenters. The summed E-state index contributed by atoms with van der Waals surface area (Å²) in [5.74, 6) is 0.427. The van der Waals surface area contributed by atoms with Crippen LogP contribution in [0.4, 0.5) is 0 Å². The summed E-state index contributed by atoms with van der Waals surface area (Å²) in [6, 6.07) is 17.9. The average molecular weight is 562 g/mol. The molecule has 2 aliphatic carbocycles. The molecular weight excluding hydrogens is 538 g/mol. The first-order valence-electron chi connectivity index (χ1n) is 8.91. The topological polar surface area (TPSA) is 0 Å². The Bertz CT molecular complexity index is 807. The summed E-state index contributed by atoms with van der Waals surface area (Å²) in [7, 11) is 0. The zero-order valence-corrected chi connectivity index (χ0v) is 20.7. The number of rotatable bonds is 5. The predicted octanol–water partition coefficient (Wildman–Crippen LogP) is 0.663. The van der Waals surface area contributed by atoms with Crippen molar-refractivity contribution in [2.24, 2.45) is 5.41 Å². The summed E-state index contributed by atoms with van der Waals surface area (Å²) in [5, 5.41) is 0. The largest absolute Gasteiger partial charge is 4.00 e. The van der Waals surface area contributed by atoms with E-state index in [-0.39, 0.29) is 56.1 Å². The van der Waals surface area contributed by atoms with Gasteiger partial charge in [0, 0.05) is 11.3 Å². The van der Waals surface area contributed by atoms with Crippen molar-refractivity contribution in [3.8, 4) is 11.1 Å². The number of hydrogen-bond donors (Lipinski definition) is 0. The first-order chi connectivity index (χ1) is 11.8. The van der Waals surface area contributed by atoms with Crippen LogP contribution in [-0.2, 0) is 25.8 Å². The summed E-state index contributed by atoms with van der Waals surface area (Å²) in [5.41, 5.74) is 7.47. The number of fused-ring (bicyclic) bond motifs is 3. The Kier molecular flexibility index (Phi) is 8.99. The summed E-state index contributed by atoms with van der Waals surface area (Å²) in [6.07, 6.45) is 12.2. The fraction of sp³-hybridized carbons (Fsp3) is 0.250. The van der Waals surface area contributed by atoms with Gasteiger partial charge >= 0.3 is 25.8 Å². The van der Waals surface area contributed by atoms with Gasteiger partial charge in [-0.3, -0.25) is 0 Å². The van der Waals surface area contributed by atoms with Gasteiger partial charge < -0.3 is 24.8 Å². The number of benzene rings is 2. The van der Waals surface area contributed by atoms with Crippen LogP contribution in [0, 0.1) is 5.41 Å². The number of hydrogen-bond acceptors (Lipinski definition) is 0. The third-order valence-corrected chi connectivity index (χ3v) is 5.84. The molecule has 0 heterocycles. The molecule has 0 saturated heterocycles. The minimum Gasteiger partial charge on any atom is -1.00 e. The van der Waals surface area contributed by atoms with Gasteiger partial charge in [0.05, 0.1) is 0 Å². The van der Waals surface area contributed by atoms with E-state index in [9.17, 15) is 0 Å². The molecule has 0 N–H and O–H groups in total. The van der Waals surface area contributed by atoms with E-state index in [1.807, 2.05) is 0 Å². The maximum absolute atomic E-state index is 3.97. The van der Waals surface area contributed by atoms with E-state index in [2.05, 4.69) is 86.3 Å². The molecule has 4 rings (SSSR count). The Labute approximate surface area is 194 Å². The van der Waals surface area contributed by atoms with Crippen molar-refractivity contribution in [3.05, 3.63) is 96.1 Å². The molecule has 0 aliphatic heterocycles. The van der Waals surface area contributed by atoms with Gasteiger partial charge in [-0.1, -0.05) is 85.3 Å². The monoisotopic (exact) mass is 562 g/mol. The fourth-order valence-corrected chi connectivity index (χ4v) is 4.60. The van der Waals surface area contributed by atoms with Crippen LogP contribution in [0.25, 0.3) is 11.1 Å². The van der Waals surface area contributed by atoms with Crippen molar-refractivity contribution >= 4 is 0 Å². The molecule has 27 heavy (non-hydrogen) atoms. The third-order valence-electron chi connectivity index (χ3n) is 5.84. The van der Waals surface area contributed by atoms with Crippen molar-refractivity contribution < 1.29 is 50.7 Å². The van der Waals surface area contributed by atoms with Crippen LogP contribution in [0.5, 0.6) is 0 Å². The minimum atomic E-state index is 0. The molecule has 2 aliphatic rings. The molecule has 0 spiro atoms. The first-order valence-corrected chi connectivity index (χ1v) is 8.91. The van der Waals surface area contributed by atoms with E-state index < -0.39 is 0 Å². The van der Waals surface area contributed by atoms with E-state index in [1.54, 1.807) is 5.57 Å². The van der Waals surface area contributed by atoms with Gasteiger partial charge in [0.2, 0.25) is 0 Å². The minimum absolute atomic E-state index is 0. The van der Waals surface area contributed by atoms with Crippen molar-refractivity contribution in [3.63, 3.8) is 0 Å². The van der Waals surface area contributed by atoms with Crippen LogP contribution in [0.3, 0.4) is 0 Å². The second kappa shape index (κ2) is 10.1. The van der Waals surface area contributed by atoms with E-state index in [1.165, 1.54) is 22.3 Å². The van der Waals surface area contributed by atoms with Gasteiger partial charge in [-0.05, 0) is 41.5 Å². The summed E-state index contributed by atoms with van der Waals surface area (Å²) in [4.78, 5) is 0. The standard InChI is InChI=1S/C24H24.2ClH.Hf/c1-3-4-17-24(2,18-11-5-6-12-18)23-21-15-9-7-13-19(21)20-14-8-10-16-22(20)23;;;/h3,5-11,13-16,23H,1,4,12,17H2,2H3;2*1H;/q;;;+4/p-2. The SMILES string of the molecule is C=CCCC(C)(C1=CC=CC1)C1c2ccccc2-c2ccccc21.[Cl-].[Cl-].[Hf+4]. The Hall–Kier alpha value is -0.890. The number of halogens is 2. The number of allylic oxidation sites excluding steroid dienone is 5. The Morgan fingerprint density at radius 1 is 1.00 bits per heavy atom. The Morgan fingerprint density at radius 2 is 1.56 bits per heavy atom. The van der Waals surface area contributed by atoms with Gasteiger partial charge in [0.15, 0.2) is 0 Å². The molecule has 3 heteroatoms. The quantitative estimate of drug-likeness (QED) is 0.372. The van der Waals surface area contributed by atoms with Crippen LogP contribution in [-0.4, -0.2) is 0 Å². The maximum atomic E-state index is 3.97. The molecule has 2 aromatic rings. The molecule has 0 nitrogen and oxygen atoms in total. The predicted molar refractivity (Wildman–Crippen MR) is 103 cm³/mol. The normalized spacial score (nSPS) is 16.0. The molecule has 0 fully saturated rings.